The van der Waals surface area contributed by atoms with Gasteiger partial charge in [-0.15, -0.1) is 0 Å². The second kappa shape index (κ2) is 8.55. The highest BCUT2D eigenvalue weighted by Gasteiger charge is 2.14. The van der Waals surface area contributed by atoms with E-state index in [1.165, 1.54) is 54.6 Å². The molecule has 0 fully saturated rings. The van der Waals surface area contributed by atoms with Crippen LogP contribution in [0.25, 0.3) is 87.6 Å². The first kappa shape index (κ1) is 22.4. The van der Waals surface area contributed by atoms with Crippen LogP contribution in [0.5, 0.6) is 0 Å². The van der Waals surface area contributed by atoms with E-state index in [0.29, 0.717) is 0 Å². The van der Waals surface area contributed by atoms with Crippen molar-refractivity contribution in [2.75, 3.05) is 0 Å². The molecule has 0 amide bonds. The topological polar surface area (TPSA) is 13.1 Å². The third-order valence-electron chi connectivity index (χ3n) is 8.64. The monoisotopic (exact) mass is 520 g/mol. The molecule has 0 spiro atoms. The predicted octanol–water partition coefficient (Wildman–Crippen LogP) is 11.5. The molecule has 190 valence electrons. The van der Waals surface area contributed by atoms with Gasteiger partial charge in [-0.25, -0.2) is 0 Å². The number of furan rings is 1. The molecule has 0 saturated carbocycles. The first-order chi connectivity index (χ1) is 20.3. The molecule has 9 aromatic rings. The second-order valence-electron chi connectivity index (χ2n) is 10.9. The summed E-state index contributed by atoms with van der Waals surface area (Å²) in [6, 6.07) is 52.6. The molecule has 41 heavy (non-hydrogen) atoms. The molecule has 0 N–H and O–H groups in total. The lowest BCUT2D eigenvalue weighted by Gasteiger charge is -2.14. The van der Waals surface area contributed by atoms with E-state index in [1.807, 2.05) is 12.1 Å². The van der Waals surface area contributed by atoms with Crippen LogP contribution in [0.1, 0.15) is 0 Å². The van der Waals surface area contributed by atoms with Gasteiger partial charge in [0.1, 0.15) is 11.2 Å². The summed E-state index contributed by atoms with van der Waals surface area (Å²) in [5, 5.41) is 10.2. The first-order valence-electron chi connectivity index (χ1n) is 14.1. The SMILES string of the molecule is c1cc(-c2ccc(-c3ccc4ccc5cccc6ccc3c4c56)cc2)cc(-c2cccc3c2oc2ccccc23)c1. The van der Waals surface area contributed by atoms with Gasteiger partial charge in [-0.1, -0.05) is 133 Å². The van der Waals surface area contributed by atoms with Gasteiger partial charge in [0.05, 0.1) is 0 Å². The average molecular weight is 521 g/mol. The molecule has 1 aromatic heterocycles. The van der Waals surface area contributed by atoms with Crippen molar-refractivity contribution in [3.63, 3.8) is 0 Å². The molecular formula is C40H24O. The molecule has 1 heterocycles. The lowest BCUT2D eigenvalue weighted by molar-refractivity contribution is 0.670. The van der Waals surface area contributed by atoms with E-state index < -0.39 is 0 Å². The van der Waals surface area contributed by atoms with Crippen LogP contribution in [0, 0.1) is 0 Å². The summed E-state index contributed by atoms with van der Waals surface area (Å²) >= 11 is 0. The Morgan fingerprint density at radius 1 is 0.341 bits per heavy atom. The third kappa shape index (κ3) is 3.36. The molecule has 0 radical (unpaired) electrons. The Balaban J connectivity index is 1.13. The predicted molar refractivity (Wildman–Crippen MR) is 174 cm³/mol. The van der Waals surface area contributed by atoms with Crippen LogP contribution in [0.15, 0.2) is 150 Å². The summed E-state index contributed by atoms with van der Waals surface area (Å²) in [5.74, 6) is 0. The number of hydrogen-bond donors (Lipinski definition) is 0. The van der Waals surface area contributed by atoms with Crippen molar-refractivity contribution in [3.05, 3.63) is 146 Å². The van der Waals surface area contributed by atoms with Gasteiger partial charge in [-0.3, -0.25) is 0 Å². The smallest absolute Gasteiger partial charge is 0.143 e. The molecular weight excluding hydrogens is 496 g/mol. The maximum absolute atomic E-state index is 6.33. The van der Waals surface area contributed by atoms with Crippen molar-refractivity contribution < 1.29 is 4.42 Å². The van der Waals surface area contributed by atoms with Gasteiger partial charge in [0.2, 0.25) is 0 Å². The lowest BCUT2D eigenvalue weighted by Crippen LogP contribution is -1.87. The Morgan fingerprint density at radius 3 is 1.88 bits per heavy atom. The highest BCUT2D eigenvalue weighted by atomic mass is 16.3. The Morgan fingerprint density at radius 2 is 1.00 bits per heavy atom. The van der Waals surface area contributed by atoms with Crippen molar-refractivity contribution in [1.82, 2.24) is 0 Å². The fourth-order valence-corrected chi connectivity index (χ4v) is 6.67. The van der Waals surface area contributed by atoms with E-state index in [1.54, 1.807) is 0 Å². The van der Waals surface area contributed by atoms with E-state index in [-0.39, 0.29) is 0 Å². The minimum Gasteiger partial charge on any atom is -0.455 e. The van der Waals surface area contributed by atoms with Gasteiger partial charge in [0.15, 0.2) is 0 Å². The van der Waals surface area contributed by atoms with Gasteiger partial charge in [-0.2, -0.15) is 0 Å². The fourth-order valence-electron chi connectivity index (χ4n) is 6.67. The van der Waals surface area contributed by atoms with Crippen LogP contribution in [-0.4, -0.2) is 0 Å². The summed E-state index contributed by atoms with van der Waals surface area (Å²) < 4.78 is 6.33. The third-order valence-corrected chi connectivity index (χ3v) is 8.64. The number of fused-ring (bicyclic) bond motifs is 3. The second-order valence-corrected chi connectivity index (χ2v) is 10.9. The van der Waals surface area contributed by atoms with Crippen LogP contribution < -0.4 is 0 Å². The fraction of sp³-hybridized carbons (Fsp3) is 0. The summed E-state index contributed by atoms with van der Waals surface area (Å²) in [7, 11) is 0. The number of benzene rings is 8. The molecule has 8 aromatic carbocycles. The van der Waals surface area contributed by atoms with Crippen LogP contribution >= 0.6 is 0 Å². The molecule has 0 aliphatic rings. The van der Waals surface area contributed by atoms with E-state index in [2.05, 4.69) is 133 Å². The summed E-state index contributed by atoms with van der Waals surface area (Å²) in [6.45, 7) is 0. The van der Waals surface area contributed by atoms with Gasteiger partial charge < -0.3 is 4.42 Å². The molecule has 9 rings (SSSR count). The zero-order valence-electron chi connectivity index (χ0n) is 22.3. The Bertz CT molecular complexity index is 2390. The molecule has 0 unspecified atom stereocenters. The Hall–Kier alpha value is -5.40. The number of para-hydroxylation sites is 2. The maximum Gasteiger partial charge on any atom is 0.143 e. The summed E-state index contributed by atoms with van der Waals surface area (Å²) in [5.41, 5.74) is 9.03. The minimum atomic E-state index is 0.925. The molecule has 0 saturated heterocycles. The number of hydrogen-bond acceptors (Lipinski definition) is 1. The Kier molecular flexibility index (Phi) is 4.67. The highest BCUT2D eigenvalue weighted by Crippen LogP contribution is 2.40. The van der Waals surface area contributed by atoms with E-state index >= 15 is 0 Å². The average Bonchev–Trinajstić information content (AvgIpc) is 3.43. The molecule has 1 nitrogen and oxygen atoms in total. The van der Waals surface area contributed by atoms with Crippen LogP contribution in [-0.2, 0) is 0 Å². The van der Waals surface area contributed by atoms with Gasteiger partial charge in [-0.05, 0) is 72.3 Å². The van der Waals surface area contributed by atoms with Crippen molar-refractivity contribution in [2.45, 2.75) is 0 Å². The van der Waals surface area contributed by atoms with Gasteiger partial charge in [0.25, 0.3) is 0 Å². The maximum atomic E-state index is 6.33. The molecule has 0 aliphatic heterocycles. The largest absolute Gasteiger partial charge is 0.455 e. The minimum absolute atomic E-state index is 0.925. The van der Waals surface area contributed by atoms with Crippen LogP contribution in [0.2, 0.25) is 0 Å². The zero-order valence-corrected chi connectivity index (χ0v) is 22.3. The molecule has 0 bridgehead atoms. The van der Waals surface area contributed by atoms with Gasteiger partial charge >= 0.3 is 0 Å². The van der Waals surface area contributed by atoms with Crippen molar-refractivity contribution in [3.8, 4) is 33.4 Å². The lowest BCUT2D eigenvalue weighted by atomic mass is 9.89. The number of rotatable bonds is 3. The normalized spacial score (nSPS) is 11.9. The van der Waals surface area contributed by atoms with Crippen molar-refractivity contribution in [2.24, 2.45) is 0 Å². The van der Waals surface area contributed by atoms with E-state index in [0.717, 1.165) is 33.1 Å². The highest BCUT2D eigenvalue weighted by molar-refractivity contribution is 6.25. The summed E-state index contributed by atoms with van der Waals surface area (Å²) in [6.07, 6.45) is 0. The van der Waals surface area contributed by atoms with Crippen LogP contribution in [0.3, 0.4) is 0 Å². The molecule has 1 heteroatoms. The zero-order chi connectivity index (χ0) is 26.9. The first-order valence-corrected chi connectivity index (χ1v) is 14.1. The van der Waals surface area contributed by atoms with Crippen molar-refractivity contribution >= 4 is 54.3 Å². The molecule has 0 atom stereocenters. The van der Waals surface area contributed by atoms with E-state index in [9.17, 15) is 0 Å². The summed E-state index contributed by atoms with van der Waals surface area (Å²) in [4.78, 5) is 0. The van der Waals surface area contributed by atoms with Crippen molar-refractivity contribution in [1.29, 1.82) is 0 Å². The quantitative estimate of drug-likeness (QED) is 0.211. The van der Waals surface area contributed by atoms with Gasteiger partial charge in [0, 0.05) is 16.3 Å². The Labute approximate surface area is 237 Å². The van der Waals surface area contributed by atoms with E-state index in [4.69, 9.17) is 4.42 Å². The standard InChI is InChI=1S/C40H24O/c1-2-13-37-34(10-1)36-12-5-11-33(40(36)41-37)31-9-4-8-30(24-31)25-14-16-26(17-15-25)32-22-20-29-19-18-27-6-3-7-28-21-23-35(32)39(29)38(27)28/h1-24H. The molecule has 0 aliphatic carbocycles. The van der Waals surface area contributed by atoms with Crippen LogP contribution in [0.4, 0.5) is 0 Å².